The lowest BCUT2D eigenvalue weighted by atomic mass is 10.1. The molecule has 0 aromatic carbocycles. The SMILES string of the molecule is CCCNc1cccnc1S(=O)(=O)N(C)C1CCOCC1. The van der Waals surface area contributed by atoms with Crippen molar-refractivity contribution in [2.45, 2.75) is 37.3 Å². The van der Waals surface area contributed by atoms with Gasteiger partial charge in [0.15, 0.2) is 5.03 Å². The summed E-state index contributed by atoms with van der Waals surface area (Å²) in [6.07, 6.45) is 3.88. The van der Waals surface area contributed by atoms with Gasteiger partial charge in [0.2, 0.25) is 0 Å². The summed E-state index contributed by atoms with van der Waals surface area (Å²) in [6.45, 7) is 3.96. The third-order valence-electron chi connectivity index (χ3n) is 3.67. The van der Waals surface area contributed by atoms with Crippen LogP contribution in [0.3, 0.4) is 0 Å². The number of aromatic nitrogens is 1. The van der Waals surface area contributed by atoms with Crippen molar-refractivity contribution in [3.8, 4) is 0 Å². The van der Waals surface area contributed by atoms with Crippen molar-refractivity contribution in [3.63, 3.8) is 0 Å². The van der Waals surface area contributed by atoms with Crippen molar-refractivity contribution >= 4 is 15.7 Å². The van der Waals surface area contributed by atoms with Crippen molar-refractivity contribution in [1.29, 1.82) is 0 Å². The van der Waals surface area contributed by atoms with Crippen LogP contribution in [0.5, 0.6) is 0 Å². The highest BCUT2D eigenvalue weighted by atomic mass is 32.2. The van der Waals surface area contributed by atoms with Gasteiger partial charge >= 0.3 is 0 Å². The quantitative estimate of drug-likeness (QED) is 0.865. The topological polar surface area (TPSA) is 71.5 Å². The van der Waals surface area contributed by atoms with Gasteiger partial charge in [-0.3, -0.25) is 0 Å². The Morgan fingerprint density at radius 3 is 2.81 bits per heavy atom. The van der Waals surface area contributed by atoms with E-state index in [4.69, 9.17) is 4.74 Å². The van der Waals surface area contributed by atoms with Gasteiger partial charge < -0.3 is 10.1 Å². The van der Waals surface area contributed by atoms with Crippen LogP contribution in [0, 0.1) is 0 Å². The van der Waals surface area contributed by atoms with E-state index in [-0.39, 0.29) is 11.1 Å². The van der Waals surface area contributed by atoms with Crippen molar-refractivity contribution in [1.82, 2.24) is 9.29 Å². The van der Waals surface area contributed by atoms with Crippen LogP contribution in [0.2, 0.25) is 0 Å². The van der Waals surface area contributed by atoms with Crippen LogP contribution in [0.25, 0.3) is 0 Å². The van der Waals surface area contributed by atoms with Crippen LogP contribution in [-0.4, -0.2) is 50.6 Å². The average molecular weight is 313 g/mol. The molecule has 1 saturated heterocycles. The number of hydrogen-bond donors (Lipinski definition) is 1. The number of ether oxygens (including phenoxy) is 1. The minimum absolute atomic E-state index is 0.0234. The van der Waals surface area contributed by atoms with Gasteiger partial charge in [-0.15, -0.1) is 0 Å². The number of rotatable bonds is 6. The zero-order valence-corrected chi connectivity index (χ0v) is 13.4. The number of nitrogens with one attached hydrogen (secondary N) is 1. The van der Waals surface area contributed by atoms with E-state index in [1.54, 1.807) is 19.2 Å². The zero-order valence-electron chi connectivity index (χ0n) is 12.6. The smallest absolute Gasteiger partial charge is 0.262 e. The van der Waals surface area contributed by atoms with E-state index in [9.17, 15) is 8.42 Å². The molecule has 0 spiro atoms. The van der Waals surface area contributed by atoms with Crippen LogP contribution in [0.1, 0.15) is 26.2 Å². The first-order valence-electron chi connectivity index (χ1n) is 7.32. The van der Waals surface area contributed by atoms with Crippen molar-refractivity contribution in [2.75, 3.05) is 32.1 Å². The minimum atomic E-state index is -3.60. The minimum Gasteiger partial charge on any atom is -0.383 e. The molecule has 0 saturated carbocycles. The van der Waals surface area contributed by atoms with Gasteiger partial charge in [-0.05, 0) is 31.4 Å². The molecule has 118 valence electrons. The summed E-state index contributed by atoms with van der Waals surface area (Å²) >= 11 is 0. The van der Waals surface area contributed by atoms with E-state index in [0.717, 1.165) is 25.8 Å². The highest BCUT2D eigenvalue weighted by Crippen LogP contribution is 2.25. The molecule has 2 heterocycles. The summed E-state index contributed by atoms with van der Waals surface area (Å²) in [5, 5.41) is 3.24. The molecule has 7 heteroatoms. The van der Waals surface area contributed by atoms with Crippen LogP contribution in [0.15, 0.2) is 23.4 Å². The van der Waals surface area contributed by atoms with Crippen molar-refractivity contribution < 1.29 is 13.2 Å². The average Bonchev–Trinajstić information content (AvgIpc) is 2.53. The largest absolute Gasteiger partial charge is 0.383 e. The summed E-state index contributed by atoms with van der Waals surface area (Å²) in [5.74, 6) is 0. The predicted molar refractivity (Wildman–Crippen MR) is 81.8 cm³/mol. The van der Waals surface area contributed by atoms with Crippen molar-refractivity contribution in [3.05, 3.63) is 18.3 Å². The number of pyridine rings is 1. The first-order valence-corrected chi connectivity index (χ1v) is 8.76. The molecule has 1 N–H and O–H groups in total. The molecule has 0 aliphatic carbocycles. The lowest BCUT2D eigenvalue weighted by Crippen LogP contribution is -2.41. The number of anilines is 1. The summed E-state index contributed by atoms with van der Waals surface area (Å²) < 4.78 is 32.3. The number of sulfonamides is 1. The molecule has 0 bridgehead atoms. The highest BCUT2D eigenvalue weighted by molar-refractivity contribution is 7.89. The Morgan fingerprint density at radius 2 is 2.14 bits per heavy atom. The summed E-state index contributed by atoms with van der Waals surface area (Å²) in [5.41, 5.74) is 0.568. The second kappa shape index (κ2) is 7.20. The van der Waals surface area contributed by atoms with Gasteiger partial charge in [-0.2, -0.15) is 4.31 Å². The molecule has 2 rings (SSSR count). The van der Waals surface area contributed by atoms with Crippen molar-refractivity contribution in [2.24, 2.45) is 0 Å². The summed E-state index contributed by atoms with van der Waals surface area (Å²) in [6, 6.07) is 3.48. The normalized spacial score (nSPS) is 17.1. The number of nitrogens with zero attached hydrogens (tertiary/aromatic N) is 2. The van der Waals surface area contributed by atoms with Crippen LogP contribution in [-0.2, 0) is 14.8 Å². The zero-order chi connectivity index (χ0) is 15.3. The molecule has 6 nitrogen and oxygen atoms in total. The maximum Gasteiger partial charge on any atom is 0.262 e. The molecule has 0 atom stereocenters. The van der Waals surface area contributed by atoms with Crippen LogP contribution < -0.4 is 5.32 Å². The van der Waals surface area contributed by atoms with Gasteiger partial charge in [0.25, 0.3) is 10.0 Å². The Morgan fingerprint density at radius 1 is 1.43 bits per heavy atom. The lowest BCUT2D eigenvalue weighted by Gasteiger charge is -2.30. The van der Waals surface area contributed by atoms with Gasteiger partial charge in [0.1, 0.15) is 0 Å². The summed E-state index contributed by atoms with van der Waals surface area (Å²) in [7, 11) is -1.97. The molecular formula is C14H23N3O3S. The molecule has 1 aromatic rings. The van der Waals surface area contributed by atoms with Crippen LogP contribution >= 0.6 is 0 Å². The lowest BCUT2D eigenvalue weighted by molar-refractivity contribution is 0.0631. The molecule has 1 fully saturated rings. The second-order valence-electron chi connectivity index (χ2n) is 5.15. The Balaban J connectivity index is 2.25. The molecule has 1 aliphatic heterocycles. The van der Waals surface area contributed by atoms with Gasteiger partial charge in [0, 0.05) is 39.0 Å². The van der Waals surface area contributed by atoms with Gasteiger partial charge in [-0.25, -0.2) is 13.4 Å². The maximum atomic E-state index is 12.8. The fourth-order valence-corrected chi connectivity index (χ4v) is 3.86. The van der Waals surface area contributed by atoms with Crippen LogP contribution in [0.4, 0.5) is 5.69 Å². The summed E-state index contributed by atoms with van der Waals surface area (Å²) in [4.78, 5) is 4.10. The monoisotopic (exact) mass is 313 g/mol. The molecule has 0 unspecified atom stereocenters. The Hall–Kier alpha value is -1.18. The molecule has 1 aliphatic rings. The molecule has 1 aromatic heterocycles. The van der Waals surface area contributed by atoms with E-state index < -0.39 is 10.0 Å². The molecular weight excluding hydrogens is 290 g/mol. The third-order valence-corrected chi connectivity index (χ3v) is 5.54. The number of hydrogen-bond acceptors (Lipinski definition) is 5. The van der Waals surface area contributed by atoms with E-state index >= 15 is 0 Å². The molecule has 21 heavy (non-hydrogen) atoms. The Labute approximate surface area is 126 Å². The Kier molecular flexibility index (Phi) is 5.55. The highest BCUT2D eigenvalue weighted by Gasteiger charge is 2.31. The second-order valence-corrected chi connectivity index (χ2v) is 7.06. The fraction of sp³-hybridized carbons (Fsp3) is 0.643. The van der Waals surface area contributed by atoms with E-state index in [0.29, 0.717) is 18.9 Å². The van der Waals surface area contributed by atoms with Gasteiger partial charge in [-0.1, -0.05) is 6.92 Å². The fourth-order valence-electron chi connectivity index (χ4n) is 2.37. The van der Waals surface area contributed by atoms with Gasteiger partial charge in [0.05, 0.1) is 5.69 Å². The van der Waals surface area contributed by atoms with E-state index in [1.807, 2.05) is 6.92 Å². The van der Waals surface area contributed by atoms with E-state index in [1.165, 1.54) is 10.5 Å². The first kappa shape index (κ1) is 16.2. The molecule has 0 amide bonds. The third kappa shape index (κ3) is 3.72. The standard InChI is InChI=1S/C14H23N3O3S/c1-3-8-15-13-5-4-9-16-14(13)21(18,19)17(2)12-6-10-20-11-7-12/h4-5,9,12,15H,3,6-8,10-11H2,1-2H3. The van der Waals surface area contributed by atoms with E-state index in [2.05, 4.69) is 10.3 Å². The Bertz CT molecular complexity index is 556. The maximum absolute atomic E-state index is 12.8. The predicted octanol–water partition coefficient (Wildman–Crippen LogP) is 1.70. The first-order chi connectivity index (χ1) is 10.1. The molecule has 0 radical (unpaired) electrons.